The topological polar surface area (TPSA) is 69.7 Å². The van der Waals surface area contributed by atoms with E-state index in [1.54, 1.807) is 37.3 Å². The fraction of sp³-hybridized carbons (Fsp3) is 0.522. The molecular weight excluding hydrogens is 356 g/mol. The molecule has 0 spiro atoms. The van der Waals surface area contributed by atoms with Crippen molar-refractivity contribution in [2.75, 3.05) is 0 Å². The van der Waals surface area contributed by atoms with Gasteiger partial charge in [0.05, 0.1) is 5.56 Å². The summed E-state index contributed by atoms with van der Waals surface area (Å²) in [6.07, 6.45) is 11.8. The predicted molar refractivity (Wildman–Crippen MR) is 109 cm³/mol. The van der Waals surface area contributed by atoms with Crippen molar-refractivity contribution >= 4 is 17.9 Å². The second kappa shape index (κ2) is 14.6. The molecular formula is C23H32O5. The summed E-state index contributed by atoms with van der Waals surface area (Å²) in [5, 5.41) is 0. The van der Waals surface area contributed by atoms with Crippen LogP contribution in [0.2, 0.25) is 0 Å². The zero-order valence-electron chi connectivity index (χ0n) is 17.1. The van der Waals surface area contributed by atoms with Crippen LogP contribution in [0, 0.1) is 0 Å². The maximum absolute atomic E-state index is 12.0. The van der Waals surface area contributed by atoms with Crippen LogP contribution < -0.4 is 0 Å². The van der Waals surface area contributed by atoms with Crippen LogP contribution in [0.4, 0.5) is 0 Å². The largest absolute Gasteiger partial charge is 0.415 e. The minimum Gasteiger partial charge on any atom is -0.415 e. The molecule has 0 radical (unpaired) electrons. The number of hydrogen-bond donors (Lipinski definition) is 0. The van der Waals surface area contributed by atoms with E-state index in [9.17, 15) is 14.4 Å². The average Bonchev–Trinajstić information content (AvgIpc) is 2.71. The molecule has 154 valence electrons. The van der Waals surface area contributed by atoms with Gasteiger partial charge in [-0.2, -0.15) is 0 Å². The first kappa shape index (κ1) is 23.6. The van der Waals surface area contributed by atoms with Crippen molar-refractivity contribution in [1.29, 1.82) is 0 Å². The second-order valence-electron chi connectivity index (χ2n) is 6.75. The van der Waals surface area contributed by atoms with Crippen molar-refractivity contribution < 1.29 is 23.9 Å². The highest BCUT2D eigenvalue weighted by molar-refractivity contribution is 5.99. The Balaban J connectivity index is 2.23. The molecule has 1 aromatic rings. The molecule has 0 atom stereocenters. The first-order valence-electron chi connectivity index (χ1n) is 10.3. The minimum absolute atomic E-state index is 0.186. The maximum atomic E-state index is 12.0. The molecule has 0 aromatic heterocycles. The Morgan fingerprint density at radius 3 is 1.96 bits per heavy atom. The number of benzene rings is 1. The molecule has 0 saturated heterocycles. The van der Waals surface area contributed by atoms with E-state index in [2.05, 4.69) is 6.92 Å². The normalized spacial score (nSPS) is 11.1. The highest BCUT2D eigenvalue weighted by atomic mass is 16.6. The first-order valence-corrected chi connectivity index (χ1v) is 10.3. The lowest BCUT2D eigenvalue weighted by Crippen LogP contribution is -2.18. The molecule has 0 aliphatic heterocycles. The Hall–Kier alpha value is -2.43. The van der Waals surface area contributed by atoms with Crippen LogP contribution in [0.5, 0.6) is 0 Å². The zero-order chi connectivity index (χ0) is 20.6. The quantitative estimate of drug-likeness (QED) is 0.142. The van der Waals surface area contributed by atoms with Crippen molar-refractivity contribution in [2.24, 2.45) is 0 Å². The van der Waals surface area contributed by atoms with Gasteiger partial charge in [-0.05, 0) is 31.6 Å². The number of allylic oxidation sites excluding steroid dienone is 1. The third kappa shape index (κ3) is 10.0. The van der Waals surface area contributed by atoms with Gasteiger partial charge in [0.25, 0.3) is 0 Å². The van der Waals surface area contributed by atoms with Gasteiger partial charge in [-0.25, -0.2) is 9.59 Å². The molecule has 5 nitrogen and oxygen atoms in total. The van der Waals surface area contributed by atoms with Gasteiger partial charge in [0.15, 0.2) is 0 Å². The molecule has 0 unspecified atom stereocenters. The Labute approximate surface area is 168 Å². The van der Waals surface area contributed by atoms with Gasteiger partial charge in [-0.15, -0.1) is 0 Å². The molecule has 0 saturated carbocycles. The fourth-order valence-corrected chi connectivity index (χ4v) is 2.74. The fourth-order valence-electron chi connectivity index (χ4n) is 2.74. The van der Waals surface area contributed by atoms with Crippen LogP contribution in [0.25, 0.3) is 0 Å². The van der Waals surface area contributed by atoms with Gasteiger partial charge >= 0.3 is 17.9 Å². The number of unbranched alkanes of at least 4 members (excludes halogenated alkanes) is 8. The standard InChI is InChI=1S/C23H32O5/c1-3-5-6-7-8-9-10-11-15-18-21(24)28-23(26)20(4-2)27-22(25)19-16-13-12-14-17-19/h4,12-14,16-17H,3,5-11,15,18H2,1-2H3/b20-4-. The number of ether oxygens (including phenoxy) is 2. The smallest absolute Gasteiger partial charge is 0.381 e. The van der Waals surface area contributed by atoms with E-state index in [1.807, 2.05) is 0 Å². The van der Waals surface area contributed by atoms with Gasteiger partial charge in [-0.3, -0.25) is 4.79 Å². The van der Waals surface area contributed by atoms with Crippen molar-refractivity contribution in [3.63, 3.8) is 0 Å². The molecule has 1 rings (SSSR count). The number of hydrogen-bond acceptors (Lipinski definition) is 5. The molecule has 0 N–H and O–H groups in total. The molecule has 1 aromatic carbocycles. The lowest BCUT2D eigenvalue weighted by Gasteiger charge is -2.08. The predicted octanol–water partition coefficient (Wildman–Crippen LogP) is 5.74. The van der Waals surface area contributed by atoms with Gasteiger partial charge in [0.2, 0.25) is 5.76 Å². The summed E-state index contributed by atoms with van der Waals surface area (Å²) in [7, 11) is 0. The summed E-state index contributed by atoms with van der Waals surface area (Å²) in [6, 6.07) is 8.32. The molecule has 0 fully saturated rings. The van der Waals surface area contributed by atoms with E-state index >= 15 is 0 Å². The van der Waals surface area contributed by atoms with Crippen LogP contribution in [0.3, 0.4) is 0 Å². The number of carbonyl (C=O) groups excluding carboxylic acids is 3. The third-order valence-corrected chi connectivity index (χ3v) is 4.37. The Morgan fingerprint density at radius 1 is 0.821 bits per heavy atom. The summed E-state index contributed by atoms with van der Waals surface area (Å²) in [4.78, 5) is 35.9. The SMILES string of the molecule is C/C=C(\OC(=O)c1ccccc1)C(=O)OC(=O)CCCCCCCCCCC. The number of rotatable bonds is 13. The summed E-state index contributed by atoms with van der Waals surface area (Å²) in [6.45, 7) is 3.75. The Morgan fingerprint density at radius 2 is 1.39 bits per heavy atom. The van der Waals surface area contributed by atoms with E-state index in [4.69, 9.17) is 9.47 Å². The summed E-state index contributed by atoms with van der Waals surface area (Å²) in [5.41, 5.74) is 0.315. The van der Waals surface area contributed by atoms with Crippen molar-refractivity contribution in [2.45, 2.75) is 78.1 Å². The zero-order valence-corrected chi connectivity index (χ0v) is 17.1. The molecule has 0 aliphatic rings. The van der Waals surface area contributed by atoms with Crippen LogP contribution in [-0.2, 0) is 19.1 Å². The minimum atomic E-state index is -0.937. The monoisotopic (exact) mass is 388 g/mol. The molecule has 5 heteroatoms. The van der Waals surface area contributed by atoms with Crippen molar-refractivity contribution in [3.05, 3.63) is 47.7 Å². The van der Waals surface area contributed by atoms with E-state index in [0.717, 1.165) is 12.8 Å². The third-order valence-electron chi connectivity index (χ3n) is 4.37. The van der Waals surface area contributed by atoms with Crippen molar-refractivity contribution in [3.8, 4) is 0 Å². The van der Waals surface area contributed by atoms with Crippen molar-refractivity contribution in [1.82, 2.24) is 0 Å². The Kier molecular flexibility index (Phi) is 12.3. The first-order chi connectivity index (χ1) is 13.6. The highest BCUT2D eigenvalue weighted by Gasteiger charge is 2.20. The average molecular weight is 389 g/mol. The summed E-state index contributed by atoms with van der Waals surface area (Å²) in [5.74, 6) is -2.48. The van der Waals surface area contributed by atoms with Crippen LogP contribution >= 0.6 is 0 Å². The van der Waals surface area contributed by atoms with Crippen LogP contribution in [-0.4, -0.2) is 17.9 Å². The lowest BCUT2D eigenvalue weighted by atomic mass is 10.1. The number of esters is 3. The van der Waals surface area contributed by atoms with Gasteiger partial charge in [0, 0.05) is 6.42 Å². The summed E-state index contributed by atoms with van der Waals surface area (Å²) < 4.78 is 9.83. The highest BCUT2D eigenvalue weighted by Crippen LogP contribution is 2.12. The molecule has 0 heterocycles. The maximum Gasteiger partial charge on any atom is 0.381 e. The van der Waals surface area contributed by atoms with E-state index in [1.165, 1.54) is 44.6 Å². The van der Waals surface area contributed by atoms with Crippen LogP contribution in [0.1, 0.15) is 88.4 Å². The Bertz CT molecular complexity index is 634. The second-order valence-corrected chi connectivity index (χ2v) is 6.75. The van der Waals surface area contributed by atoms with Gasteiger partial charge in [-0.1, -0.05) is 76.5 Å². The number of carbonyl (C=O) groups is 3. The molecule has 0 amide bonds. The molecule has 28 heavy (non-hydrogen) atoms. The molecule has 0 bridgehead atoms. The van der Waals surface area contributed by atoms with E-state index < -0.39 is 17.9 Å². The van der Waals surface area contributed by atoms with Gasteiger partial charge in [0.1, 0.15) is 0 Å². The van der Waals surface area contributed by atoms with Crippen LogP contribution in [0.15, 0.2) is 42.2 Å². The van der Waals surface area contributed by atoms with E-state index in [-0.39, 0.29) is 12.2 Å². The lowest BCUT2D eigenvalue weighted by molar-refractivity contribution is -0.158. The molecule has 0 aliphatic carbocycles. The van der Waals surface area contributed by atoms with Gasteiger partial charge < -0.3 is 9.47 Å². The summed E-state index contributed by atoms with van der Waals surface area (Å²) >= 11 is 0. The van der Waals surface area contributed by atoms with E-state index in [0.29, 0.717) is 12.0 Å².